The normalized spacial score (nSPS) is 21.9. The fourth-order valence-corrected chi connectivity index (χ4v) is 3.21. The molecule has 1 aromatic rings. The van der Waals surface area contributed by atoms with E-state index in [1.54, 1.807) is 19.0 Å². The van der Waals surface area contributed by atoms with Crippen LogP contribution in [0.4, 0.5) is 5.69 Å². The smallest absolute Gasteiger partial charge is 0.253 e. The Hall–Kier alpha value is -1.51. The molecule has 3 heteroatoms. The van der Waals surface area contributed by atoms with E-state index >= 15 is 0 Å². The molecule has 21 heavy (non-hydrogen) atoms. The summed E-state index contributed by atoms with van der Waals surface area (Å²) in [6.45, 7) is 2.28. The van der Waals surface area contributed by atoms with E-state index < -0.39 is 0 Å². The lowest BCUT2D eigenvalue weighted by Gasteiger charge is -2.29. The summed E-state index contributed by atoms with van der Waals surface area (Å²) < 4.78 is 0. The van der Waals surface area contributed by atoms with Crippen molar-refractivity contribution >= 4 is 11.6 Å². The molecule has 1 aliphatic carbocycles. The molecule has 0 saturated heterocycles. The van der Waals surface area contributed by atoms with Crippen molar-refractivity contribution in [3.63, 3.8) is 0 Å². The molecule has 0 atom stereocenters. The van der Waals surface area contributed by atoms with Crippen molar-refractivity contribution in [2.24, 2.45) is 5.92 Å². The maximum absolute atomic E-state index is 11.8. The van der Waals surface area contributed by atoms with Crippen LogP contribution in [0.15, 0.2) is 24.3 Å². The second-order valence-corrected chi connectivity index (χ2v) is 6.43. The molecule has 1 aliphatic rings. The monoisotopic (exact) mass is 288 g/mol. The summed E-state index contributed by atoms with van der Waals surface area (Å²) in [5.41, 5.74) is 1.88. The van der Waals surface area contributed by atoms with E-state index in [0.29, 0.717) is 6.04 Å². The van der Waals surface area contributed by atoms with E-state index in [4.69, 9.17) is 0 Å². The van der Waals surface area contributed by atoms with Crippen LogP contribution < -0.4 is 5.32 Å². The Balaban J connectivity index is 1.85. The molecule has 1 aromatic carbocycles. The number of anilines is 1. The minimum Gasteiger partial charge on any atom is -0.382 e. The van der Waals surface area contributed by atoms with Gasteiger partial charge in [0.25, 0.3) is 5.91 Å². The van der Waals surface area contributed by atoms with Crippen LogP contribution in [0.2, 0.25) is 0 Å². The molecule has 0 radical (unpaired) electrons. The average molecular weight is 288 g/mol. The highest BCUT2D eigenvalue weighted by Gasteiger charge is 2.20. The number of carbonyl (C=O) groups excluding carboxylic acids is 1. The Morgan fingerprint density at radius 1 is 1.14 bits per heavy atom. The van der Waals surface area contributed by atoms with Gasteiger partial charge in [-0.1, -0.05) is 19.8 Å². The Bertz CT molecular complexity index is 445. The van der Waals surface area contributed by atoms with E-state index in [0.717, 1.165) is 17.2 Å². The summed E-state index contributed by atoms with van der Waals surface area (Å²) in [5.74, 6) is 0.995. The number of hydrogen-bond donors (Lipinski definition) is 1. The molecule has 0 aliphatic heterocycles. The van der Waals surface area contributed by atoms with Crippen molar-refractivity contribution in [3.8, 4) is 0 Å². The van der Waals surface area contributed by atoms with Gasteiger partial charge in [-0.25, -0.2) is 0 Å². The molecule has 1 fully saturated rings. The average Bonchev–Trinajstić information content (AvgIpc) is 2.49. The summed E-state index contributed by atoms with van der Waals surface area (Å²) in [4.78, 5) is 13.5. The minimum absolute atomic E-state index is 0.0571. The molecular weight excluding hydrogens is 260 g/mol. The van der Waals surface area contributed by atoms with Crippen LogP contribution in [0.25, 0.3) is 0 Å². The molecule has 1 amide bonds. The quantitative estimate of drug-likeness (QED) is 0.882. The summed E-state index contributed by atoms with van der Waals surface area (Å²) in [6, 6.07) is 8.46. The number of benzene rings is 1. The fraction of sp³-hybridized carbons (Fsp3) is 0.611. The number of rotatable bonds is 5. The first-order valence-electron chi connectivity index (χ1n) is 8.18. The standard InChI is InChI=1S/C18H28N2O/c1-4-5-14-6-10-16(11-7-14)19-17-12-8-15(9-13-17)18(21)20(2)3/h8-9,12-14,16,19H,4-7,10-11H2,1-3H3. The van der Waals surface area contributed by atoms with Gasteiger partial charge in [0, 0.05) is 31.4 Å². The molecule has 3 nitrogen and oxygen atoms in total. The Kier molecular flexibility index (Phi) is 5.66. The van der Waals surface area contributed by atoms with Gasteiger partial charge in [-0.3, -0.25) is 4.79 Å². The molecular formula is C18H28N2O. The third-order valence-corrected chi connectivity index (χ3v) is 4.45. The van der Waals surface area contributed by atoms with Crippen molar-refractivity contribution in [2.75, 3.05) is 19.4 Å². The molecule has 1 saturated carbocycles. The summed E-state index contributed by atoms with van der Waals surface area (Å²) in [5, 5.41) is 3.61. The molecule has 0 bridgehead atoms. The van der Waals surface area contributed by atoms with Crippen LogP contribution in [0.3, 0.4) is 0 Å². The second kappa shape index (κ2) is 7.48. The van der Waals surface area contributed by atoms with Crippen LogP contribution in [0, 0.1) is 5.92 Å². The van der Waals surface area contributed by atoms with Crippen molar-refractivity contribution in [1.82, 2.24) is 4.90 Å². The van der Waals surface area contributed by atoms with Gasteiger partial charge in [0.1, 0.15) is 0 Å². The highest BCUT2D eigenvalue weighted by Crippen LogP contribution is 2.29. The number of nitrogens with one attached hydrogen (secondary N) is 1. The van der Waals surface area contributed by atoms with E-state index in [2.05, 4.69) is 12.2 Å². The van der Waals surface area contributed by atoms with Crippen molar-refractivity contribution in [2.45, 2.75) is 51.5 Å². The van der Waals surface area contributed by atoms with Crippen LogP contribution in [-0.2, 0) is 0 Å². The Morgan fingerprint density at radius 3 is 2.29 bits per heavy atom. The first kappa shape index (κ1) is 15.9. The van der Waals surface area contributed by atoms with Gasteiger partial charge in [0.15, 0.2) is 0 Å². The molecule has 1 N–H and O–H groups in total. The highest BCUT2D eigenvalue weighted by atomic mass is 16.2. The molecule has 0 aromatic heterocycles. The number of amides is 1. The lowest BCUT2D eigenvalue weighted by molar-refractivity contribution is 0.0827. The van der Waals surface area contributed by atoms with E-state index in [1.165, 1.54) is 38.5 Å². The predicted molar refractivity (Wildman–Crippen MR) is 88.7 cm³/mol. The number of carbonyl (C=O) groups is 1. The van der Waals surface area contributed by atoms with Gasteiger partial charge in [0.05, 0.1) is 0 Å². The number of nitrogens with zero attached hydrogens (tertiary/aromatic N) is 1. The van der Waals surface area contributed by atoms with Gasteiger partial charge >= 0.3 is 0 Å². The van der Waals surface area contributed by atoms with Crippen molar-refractivity contribution < 1.29 is 4.79 Å². The molecule has 0 heterocycles. The van der Waals surface area contributed by atoms with Gasteiger partial charge < -0.3 is 10.2 Å². The first-order valence-corrected chi connectivity index (χ1v) is 8.18. The van der Waals surface area contributed by atoms with Crippen LogP contribution in [0.5, 0.6) is 0 Å². The molecule has 116 valence electrons. The van der Waals surface area contributed by atoms with E-state index in [9.17, 15) is 4.79 Å². The van der Waals surface area contributed by atoms with Crippen molar-refractivity contribution in [3.05, 3.63) is 29.8 Å². The largest absolute Gasteiger partial charge is 0.382 e. The van der Waals surface area contributed by atoms with Gasteiger partial charge in [0.2, 0.25) is 0 Å². The zero-order chi connectivity index (χ0) is 15.2. The van der Waals surface area contributed by atoms with Gasteiger partial charge in [-0.05, 0) is 55.9 Å². The third kappa shape index (κ3) is 4.48. The zero-order valence-corrected chi connectivity index (χ0v) is 13.6. The number of hydrogen-bond acceptors (Lipinski definition) is 2. The minimum atomic E-state index is 0.0571. The predicted octanol–water partition coefficient (Wildman–Crippen LogP) is 4.16. The SMILES string of the molecule is CCCC1CCC(Nc2ccc(C(=O)N(C)C)cc2)CC1. The van der Waals surface area contributed by atoms with Crippen LogP contribution in [-0.4, -0.2) is 30.9 Å². The third-order valence-electron chi connectivity index (χ3n) is 4.45. The topological polar surface area (TPSA) is 32.3 Å². The maximum Gasteiger partial charge on any atom is 0.253 e. The second-order valence-electron chi connectivity index (χ2n) is 6.43. The summed E-state index contributed by atoms with van der Waals surface area (Å²) in [6.07, 6.45) is 7.93. The van der Waals surface area contributed by atoms with Crippen LogP contribution >= 0.6 is 0 Å². The maximum atomic E-state index is 11.8. The zero-order valence-electron chi connectivity index (χ0n) is 13.6. The van der Waals surface area contributed by atoms with Gasteiger partial charge in [-0.15, -0.1) is 0 Å². The highest BCUT2D eigenvalue weighted by molar-refractivity contribution is 5.94. The van der Waals surface area contributed by atoms with E-state index in [-0.39, 0.29) is 5.91 Å². The van der Waals surface area contributed by atoms with E-state index in [1.807, 2.05) is 24.3 Å². The lowest BCUT2D eigenvalue weighted by atomic mass is 9.83. The first-order chi connectivity index (χ1) is 10.1. The summed E-state index contributed by atoms with van der Waals surface area (Å²) >= 11 is 0. The molecule has 2 rings (SSSR count). The summed E-state index contributed by atoms with van der Waals surface area (Å²) in [7, 11) is 3.56. The molecule has 0 unspecified atom stereocenters. The van der Waals surface area contributed by atoms with Gasteiger partial charge in [-0.2, -0.15) is 0 Å². The Morgan fingerprint density at radius 2 is 1.76 bits per heavy atom. The molecule has 0 spiro atoms. The van der Waals surface area contributed by atoms with Crippen molar-refractivity contribution in [1.29, 1.82) is 0 Å². The lowest BCUT2D eigenvalue weighted by Crippen LogP contribution is -2.26. The Labute approximate surface area is 128 Å². The van der Waals surface area contributed by atoms with Crippen LogP contribution in [0.1, 0.15) is 55.8 Å². The fourth-order valence-electron chi connectivity index (χ4n) is 3.21.